The molecule has 0 saturated carbocycles. The van der Waals surface area contributed by atoms with Crippen LogP contribution in [0.5, 0.6) is 0 Å². The first kappa shape index (κ1) is 17.2. The molecule has 0 saturated heterocycles. The molecular weight excluding hydrogens is 341 g/mol. The number of hydrogen-bond acceptors (Lipinski definition) is 4. The summed E-state index contributed by atoms with van der Waals surface area (Å²) in [5, 5.41) is 2.69. The molecule has 1 amide bonds. The predicted octanol–water partition coefficient (Wildman–Crippen LogP) is 3.01. The van der Waals surface area contributed by atoms with Gasteiger partial charge in [-0.15, -0.1) is 11.8 Å². The van der Waals surface area contributed by atoms with Crippen LogP contribution >= 0.6 is 11.8 Å². The van der Waals surface area contributed by atoms with E-state index < -0.39 is 0 Å². The Morgan fingerprint density at radius 3 is 2.80 bits per heavy atom. The van der Waals surface area contributed by atoms with Crippen molar-refractivity contribution in [1.82, 2.24) is 9.38 Å². The number of anilines is 1. The number of aryl methyl sites for hydroxylation is 1. The van der Waals surface area contributed by atoms with E-state index in [4.69, 9.17) is 0 Å². The molecular formula is C18H16FN3O2S. The van der Waals surface area contributed by atoms with Crippen LogP contribution in [0, 0.1) is 12.7 Å². The Kier molecular flexibility index (Phi) is 5.14. The fraction of sp³-hybridized carbons (Fsp3) is 0.167. The third-order valence-corrected chi connectivity index (χ3v) is 4.52. The summed E-state index contributed by atoms with van der Waals surface area (Å²) in [5.74, 6) is 0.130. The van der Waals surface area contributed by atoms with Crippen LogP contribution in [0.1, 0.15) is 11.3 Å². The first-order valence-electron chi connectivity index (χ1n) is 7.64. The van der Waals surface area contributed by atoms with Crippen LogP contribution in [0.25, 0.3) is 5.65 Å². The van der Waals surface area contributed by atoms with Gasteiger partial charge in [0.05, 0.1) is 11.4 Å². The van der Waals surface area contributed by atoms with E-state index in [2.05, 4.69) is 10.3 Å². The zero-order valence-electron chi connectivity index (χ0n) is 13.5. The predicted molar refractivity (Wildman–Crippen MR) is 97.4 cm³/mol. The van der Waals surface area contributed by atoms with Gasteiger partial charge in [0.2, 0.25) is 5.91 Å². The van der Waals surface area contributed by atoms with Crippen LogP contribution in [0.2, 0.25) is 0 Å². The number of aromatic nitrogens is 2. The number of halogens is 1. The SMILES string of the molecule is Cc1cccn2c(=O)cc(CSCC(=O)Nc3ccc(F)cc3)nc12. The molecule has 7 heteroatoms. The van der Waals surface area contributed by atoms with E-state index in [1.54, 1.807) is 12.3 Å². The van der Waals surface area contributed by atoms with Gasteiger partial charge in [-0.1, -0.05) is 6.07 Å². The lowest BCUT2D eigenvalue weighted by molar-refractivity contribution is -0.113. The number of nitrogens with zero attached hydrogens (tertiary/aromatic N) is 2. The second kappa shape index (κ2) is 7.48. The molecule has 128 valence electrons. The minimum atomic E-state index is -0.351. The third kappa shape index (κ3) is 4.24. The van der Waals surface area contributed by atoms with Crippen molar-refractivity contribution >= 4 is 29.0 Å². The first-order chi connectivity index (χ1) is 12.0. The van der Waals surface area contributed by atoms with Crippen LogP contribution in [-0.2, 0) is 10.5 Å². The number of fused-ring (bicyclic) bond motifs is 1. The number of carbonyl (C=O) groups excluding carboxylic acids is 1. The molecule has 0 fully saturated rings. The minimum absolute atomic E-state index is 0.139. The van der Waals surface area contributed by atoms with Gasteiger partial charge in [0.25, 0.3) is 5.56 Å². The lowest BCUT2D eigenvalue weighted by atomic mass is 10.3. The van der Waals surface area contributed by atoms with Gasteiger partial charge in [0, 0.05) is 23.7 Å². The molecule has 2 aromatic heterocycles. The third-order valence-electron chi connectivity index (χ3n) is 3.55. The van der Waals surface area contributed by atoms with Crippen molar-refractivity contribution in [3.05, 3.63) is 76.1 Å². The smallest absolute Gasteiger partial charge is 0.258 e. The van der Waals surface area contributed by atoms with Gasteiger partial charge in [0.15, 0.2) is 0 Å². The maximum absolute atomic E-state index is 12.8. The highest BCUT2D eigenvalue weighted by atomic mass is 32.2. The Morgan fingerprint density at radius 1 is 1.28 bits per heavy atom. The highest BCUT2D eigenvalue weighted by molar-refractivity contribution is 7.99. The van der Waals surface area contributed by atoms with Gasteiger partial charge >= 0.3 is 0 Å². The summed E-state index contributed by atoms with van der Waals surface area (Å²) in [4.78, 5) is 28.5. The summed E-state index contributed by atoms with van der Waals surface area (Å²) in [6.45, 7) is 1.90. The number of amides is 1. The van der Waals surface area contributed by atoms with Crippen LogP contribution in [-0.4, -0.2) is 21.0 Å². The maximum Gasteiger partial charge on any atom is 0.258 e. The second-order valence-electron chi connectivity index (χ2n) is 5.52. The topological polar surface area (TPSA) is 63.5 Å². The molecule has 0 aliphatic carbocycles. The molecule has 0 bridgehead atoms. The maximum atomic E-state index is 12.8. The number of nitrogens with one attached hydrogen (secondary N) is 1. The van der Waals surface area contributed by atoms with Crippen molar-refractivity contribution in [2.45, 2.75) is 12.7 Å². The van der Waals surface area contributed by atoms with E-state index in [-0.39, 0.29) is 23.0 Å². The van der Waals surface area contributed by atoms with Crippen LogP contribution in [0.4, 0.5) is 10.1 Å². The van der Waals surface area contributed by atoms with E-state index in [1.807, 2.05) is 13.0 Å². The van der Waals surface area contributed by atoms with Crippen molar-refractivity contribution in [3.63, 3.8) is 0 Å². The Morgan fingerprint density at radius 2 is 2.04 bits per heavy atom. The molecule has 0 spiro atoms. The molecule has 3 rings (SSSR count). The number of benzene rings is 1. The first-order valence-corrected chi connectivity index (χ1v) is 8.79. The van der Waals surface area contributed by atoms with Crippen LogP contribution in [0.3, 0.4) is 0 Å². The largest absolute Gasteiger partial charge is 0.325 e. The average molecular weight is 357 g/mol. The van der Waals surface area contributed by atoms with Crippen molar-refractivity contribution < 1.29 is 9.18 Å². The number of thioether (sulfide) groups is 1. The van der Waals surface area contributed by atoms with Gasteiger partial charge in [-0.25, -0.2) is 9.37 Å². The minimum Gasteiger partial charge on any atom is -0.325 e. The lowest BCUT2D eigenvalue weighted by Gasteiger charge is -2.07. The van der Waals surface area contributed by atoms with Crippen molar-refractivity contribution in [2.75, 3.05) is 11.1 Å². The van der Waals surface area contributed by atoms with Crippen LogP contribution < -0.4 is 10.9 Å². The summed E-state index contributed by atoms with van der Waals surface area (Å²) in [6, 6.07) is 10.8. The summed E-state index contributed by atoms with van der Waals surface area (Å²) >= 11 is 1.36. The molecule has 0 atom stereocenters. The monoisotopic (exact) mass is 357 g/mol. The van der Waals surface area contributed by atoms with Gasteiger partial charge in [-0.3, -0.25) is 14.0 Å². The number of rotatable bonds is 5. The lowest BCUT2D eigenvalue weighted by Crippen LogP contribution is -2.17. The fourth-order valence-corrected chi connectivity index (χ4v) is 3.08. The Balaban J connectivity index is 1.61. The number of carbonyl (C=O) groups is 1. The van der Waals surface area contributed by atoms with Crippen LogP contribution in [0.15, 0.2) is 53.5 Å². The summed E-state index contributed by atoms with van der Waals surface area (Å²) in [6.07, 6.45) is 1.69. The highest BCUT2D eigenvalue weighted by Crippen LogP contribution is 2.13. The van der Waals surface area contributed by atoms with Crippen molar-refractivity contribution in [1.29, 1.82) is 0 Å². The Bertz CT molecular complexity index is 970. The van der Waals surface area contributed by atoms with Gasteiger partial charge in [0.1, 0.15) is 11.5 Å². The Hall–Kier alpha value is -2.67. The fourth-order valence-electron chi connectivity index (χ4n) is 2.36. The van der Waals surface area contributed by atoms with Crippen molar-refractivity contribution in [3.8, 4) is 0 Å². The van der Waals surface area contributed by atoms with E-state index in [1.165, 1.54) is 46.5 Å². The quantitative estimate of drug-likeness (QED) is 0.762. The average Bonchev–Trinajstić information content (AvgIpc) is 2.58. The van der Waals surface area contributed by atoms with E-state index in [9.17, 15) is 14.0 Å². The van der Waals surface area contributed by atoms with E-state index in [0.29, 0.717) is 22.8 Å². The standard InChI is InChI=1S/C18H16FN3O2S/c1-12-3-2-8-22-17(24)9-15(21-18(12)22)10-25-11-16(23)20-14-6-4-13(19)5-7-14/h2-9H,10-11H2,1H3,(H,20,23). The zero-order valence-corrected chi connectivity index (χ0v) is 14.3. The van der Waals surface area contributed by atoms with Gasteiger partial charge < -0.3 is 5.32 Å². The molecule has 0 unspecified atom stereocenters. The summed E-state index contributed by atoms with van der Waals surface area (Å²) < 4.78 is 14.3. The number of hydrogen-bond donors (Lipinski definition) is 1. The van der Waals surface area contributed by atoms with E-state index in [0.717, 1.165) is 5.56 Å². The van der Waals surface area contributed by atoms with Gasteiger partial charge in [-0.05, 0) is 42.8 Å². The molecule has 3 aromatic rings. The molecule has 1 N–H and O–H groups in total. The highest BCUT2D eigenvalue weighted by Gasteiger charge is 2.07. The molecule has 0 radical (unpaired) electrons. The summed E-state index contributed by atoms with van der Waals surface area (Å²) in [5.41, 5.74) is 2.59. The zero-order chi connectivity index (χ0) is 17.8. The molecule has 25 heavy (non-hydrogen) atoms. The molecule has 1 aromatic carbocycles. The van der Waals surface area contributed by atoms with E-state index >= 15 is 0 Å². The summed E-state index contributed by atoms with van der Waals surface area (Å²) in [7, 11) is 0. The second-order valence-corrected chi connectivity index (χ2v) is 6.50. The normalized spacial score (nSPS) is 10.8. The van der Waals surface area contributed by atoms with Crippen molar-refractivity contribution in [2.24, 2.45) is 0 Å². The molecule has 5 nitrogen and oxygen atoms in total. The number of pyridine rings is 1. The van der Waals surface area contributed by atoms with Gasteiger partial charge in [-0.2, -0.15) is 0 Å². The Labute approximate surface area is 147 Å². The molecule has 0 aliphatic rings. The molecule has 2 heterocycles. The molecule has 0 aliphatic heterocycles.